The molecule has 1 aliphatic heterocycles. The molecule has 1 N–H and O–H groups in total. The number of benzene rings is 1. The number of halogens is 1. The molecule has 2 unspecified atom stereocenters. The Kier molecular flexibility index (Phi) is 5.57. The fourth-order valence-electron chi connectivity index (χ4n) is 2.86. The number of likely N-dealkylation sites (N-methyl/N-ethyl adjacent to an activating group) is 1. The number of aryl methyl sites for hydroxylation is 1. The van der Waals surface area contributed by atoms with E-state index in [0.717, 1.165) is 11.3 Å². The zero-order chi connectivity index (χ0) is 17.2. The fourth-order valence-corrected chi connectivity index (χ4v) is 4.77. The largest absolute Gasteiger partial charge is 0.374 e. The van der Waals surface area contributed by atoms with E-state index in [-0.39, 0.29) is 23.5 Å². The molecule has 0 bridgehead atoms. The lowest BCUT2D eigenvalue weighted by Crippen LogP contribution is -2.47. The molecule has 0 saturated carbocycles. The molecule has 1 aliphatic rings. The van der Waals surface area contributed by atoms with Gasteiger partial charge in [-0.05, 0) is 44.9 Å². The minimum Gasteiger partial charge on any atom is -0.374 e. The first-order chi connectivity index (χ1) is 10.7. The first-order valence-corrected chi connectivity index (χ1v) is 9.97. The Morgan fingerprint density at radius 1 is 1.48 bits per heavy atom. The number of hydrogen-bond acceptors (Lipinski definition) is 4. The molecular formula is C16H23ClN2O3S. The Bertz CT molecular complexity index is 691. The molecule has 0 aromatic heterocycles. The molecule has 2 atom stereocenters. The van der Waals surface area contributed by atoms with Crippen molar-refractivity contribution in [3.63, 3.8) is 0 Å². The number of anilines is 1. The van der Waals surface area contributed by atoms with Crippen LogP contribution in [0.4, 0.5) is 5.69 Å². The highest BCUT2D eigenvalue weighted by Gasteiger charge is 2.35. The van der Waals surface area contributed by atoms with Crippen LogP contribution in [-0.2, 0) is 14.6 Å². The minimum absolute atomic E-state index is 0.0651. The lowest BCUT2D eigenvalue weighted by molar-refractivity contribution is -0.133. The van der Waals surface area contributed by atoms with Gasteiger partial charge in [0, 0.05) is 23.3 Å². The molecule has 0 aliphatic carbocycles. The molecule has 7 heteroatoms. The second-order valence-corrected chi connectivity index (χ2v) is 8.65. The van der Waals surface area contributed by atoms with Gasteiger partial charge >= 0.3 is 0 Å². The highest BCUT2D eigenvalue weighted by atomic mass is 35.5. The lowest BCUT2D eigenvalue weighted by atomic mass is 10.1. The van der Waals surface area contributed by atoms with Crippen LogP contribution in [0, 0.1) is 6.92 Å². The van der Waals surface area contributed by atoms with Gasteiger partial charge in [-0.2, -0.15) is 0 Å². The van der Waals surface area contributed by atoms with E-state index in [1.807, 2.05) is 26.0 Å². The van der Waals surface area contributed by atoms with Crippen LogP contribution in [0.25, 0.3) is 0 Å². The Labute approximate surface area is 142 Å². The minimum atomic E-state index is -3.01. The Hall–Kier alpha value is -1.27. The molecule has 23 heavy (non-hydrogen) atoms. The van der Waals surface area contributed by atoms with Gasteiger partial charge < -0.3 is 10.2 Å². The first kappa shape index (κ1) is 18.1. The predicted octanol–water partition coefficient (Wildman–Crippen LogP) is 2.48. The molecule has 0 spiro atoms. The Balaban J connectivity index is 2.06. The number of sulfone groups is 1. The molecule has 1 heterocycles. The second kappa shape index (κ2) is 7.09. The van der Waals surface area contributed by atoms with E-state index in [1.165, 1.54) is 0 Å². The summed E-state index contributed by atoms with van der Waals surface area (Å²) in [6, 6.07) is 4.89. The summed E-state index contributed by atoms with van der Waals surface area (Å²) in [4.78, 5) is 14.3. The predicted molar refractivity (Wildman–Crippen MR) is 93.7 cm³/mol. The van der Waals surface area contributed by atoms with Gasteiger partial charge in [0.1, 0.15) is 6.04 Å². The highest BCUT2D eigenvalue weighted by molar-refractivity contribution is 7.91. The maximum atomic E-state index is 12.7. The van der Waals surface area contributed by atoms with Crippen LogP contribution in [0.15, 0.2) is 18.2 Å². The number of nitrogens with one attached hydrogen (secondary N) is 1. The van der Waals surface area contributed by atoms with E-state index in [0.29, 0.717) is 18.0 Å². The number of carbonyl (C=O) groups excluding carboxylic acids is 1. The average molecular weight is 359 g/mol. The van der Waals surface area contributed by atoms with Gasteiger partial charge in [0.15, 0.2) is 9.84 Å². The van der Waals surface area contributed by atoms with Crippen molar-refractivity contribution < 1.29 is 13.2 Å². The monoisotopic (exact) mass is 358 g/mol. The summed E-state index contributed by atoms with van der Waals surface area (Å²) in [5, 5.41) is 3.79. The molecule has 1 amide bonds. The molecule has 1 fully saturated rings. The number of carbonyl (C=O) groups is 1. The van der Waals surface area contributed by atoms with Crippen molar-refractivity contribution in [2.24, 2.45) is 0 Å². The van der Waals surface area contributed by atoms with Gasteiger partial charge in [-0.1, -0.05) is 17.7 Å². The SMILES string of the molecule is CCN(C(=O)C(C)Nc1ccc(C)c(Cl)c1)C1CCS(=O)(=O)C1. The van der Waals surface area contributed by atoms with Crippen LogP contribution in [-0.4, -0.2) is 49.4 Å². The smallest absolute Gasteiger partial charge is 0.245 e. The second-order valence-electron chi connectivity index (χ2n) is 6.01. The van der Waals surface area contributed by atoms with Crippen LogP contribution < -0.4 is 5.32 Å². The van der Waals surface area contributed by atoms with Crippen LogP contribution >= 0.6 is 11.6 Å². The zero-order valence-electron chi connectivity index (χ0n) is 13.7. The van der Waals surface area contributed by atoms with Crippen molar-refractivity contribution in [3.8, 4) is 0 Å². The maximum absolute atomic E-state index is 12.7. The quantitative estimate of drug-likeness (QED) is 0.878. The Morgan fingerprint density at radius 2 is 2.17 bits per heavy atom. The van der Waals surface area contributed by atoms with Crippen molar-refractivity contribution in [3.05, 3.63) is 28.8 Å². The summed E-state index contributed by atoms with van der Waals surface area (Å²) in [6.45, 7) is 6.07. The van der Waals surface area contributed by atoms with E-state index in [4.69, 9.17) is 11.6 Å². The van der Waals surface area contributed by atoms with Gasteiger partial charge in [-0.3, -0.25) is 4.79 Å². The number of rotatable bonds is 5. The fraction of sp³-hybridized carbons (Fsp3) is 0.562. The van der Waals surface area contributed by atoms with Gasteiger partial charge in [-0.15, -0.1) is 0 Å². The van der Waals surface area contributed by atoms with Crippen molar-refractivity contribution in [2.45, 2.75) is 39.3 Å². The summed E-state index contributed by atoms with van der Waals surface area (Å²) in [5.74, 6) is 0.137. The van der Waals surface area contributed by atoms with Gasteiger partial charge in [-0.25, -0.2) is 8.42 Å². The van der Waals surface area contributed by atoms with Crippen LogP contribution in [0.2, 0.25) is 5.02 Å². The molecule has 128 valence electrons. The van der Waals surface area contributed by atoms with E-state index in [1.54, 1.807) is 17.9 Å². The van der Waals surface area contributed by atoms with Crippen molar-refractivity contribution in [1.82, 2.24) is 4.90 Å². The summed E-state index contributed by atoms with van der Waals surface area (Å²) >= 11 is 6.10. The van der Waals surface area contributed by atoms with Gasteiger partial charge in [0.2, 0.25) is 5.91 Å². The number of hydrogen-bond donors (Lipinski definition) is 1. The molecule has 0 radical (unpaired) electrons. The number of amides is 1. The summed E-state index contributed by atoms with van der Waals surface area (Å²) in [5.41, 5.74) is 1.75. The highest BCUT2D eigenvalue weighted by Crippen LogP contribution is 2.22. The lowest BCUT2D eigenvalue weighted by Gasteiger charge is -2.30. The summed E-state index contributed by atoms with van der Waals surface area (Å²) < 4.78 is 23.3. The van der Waals surface area contributed by atoms with Crippen LogP contribution in [0.5, 0.6) is 0 Å². The van der Waals surface area contributed by atoms with Crippen LogP contribution in [0.3, 0.4) is 0 Å². The molecular weight excluding hydrogens is 336 g/mol. The normalized spacial score (nSPS) is 21.0. The third-order valence-electron chi connectivity index (χ3n) is 4.20. The van der Waals surface area contributed by atoms with E-state index in [2.05, 4.69) is 5.32 Å². The molecule has 1 aromatic carbocycles. The topological polar surface area (TPSA) is 66.5 Å². The van der Waals surface area contributed by atoms with E-state index < -0.39 is 15.9 Å². The van der Waals surface area contributed by atoms with E-state index >= 15 is 0 Å². The number of nitrogens with zero attached hydrogens (tertiary/aromatic N) is 1. The molecule has 1 saturated heterocycles. The molecule has 2 rings (SSSR count). The van der Waals surface area contributed by atoms with Crippen molar-refractivity contribution in [2.75, 3.05) is 23.4 Å². The van der Waals surface area contributed by atoms with Crippen molar-refractivity contribution >= 4 is 33.0 Å². The maximum Gasteiger partial charge on any atom is 0.245 e. The standard InChI is InChI=1S/C16H23ClN2O3S/c1-4-19(14-7-8-23(21,22)10-14)16(20)12(3)18-13-6-5-11(2)15(17)9-13/h5-6,9,12,14,18H,4,7-8,10H2,1-3H3. The third-order valence-corrected chi connectivity index (χ3v) is 6.36. The summed E-state index contributed by atoms with van der Waals surface area (Å²) in [6.07, 6.45) is 0.519. The summed E-state index contributed by atoms with van der Waals surface area (Å²) in [7, 11) is -3.01. The van der Waals surface area contributed by atoms with Crippen molar-refractivity contribution in [1.29, 1.82) is 0 Å². The van der Waals surface area contributed by atoms with Gasteiger partial charge in [0.05, 0.1) is 11.5 Å². The van der Waals surface area contributed by atoms with Crippen LogP contribution in [0.1, 0.15) is 25.8 Å². The zero-order valence-corrected chi connectivity index (χ0v) is 15.2. The Morgan fingerprint density at radius 3 is 2.70 bits per heavy atom. The average Bonchev–Trinajstić information content (AvgIpc) is 2.83. The van der Waals surface area contributed by atoms with E-state index in [9.17, 15) is 13.2 Å². The molecule has 5 nitrogen and oxygen atoms in total. The van der Waals surface area contributed by atoms with Gasteiger partial charge in [0.25, 0.3) is 0 Å². The third kappa shape index (κ3) is 4.38. The first-order valence-electron chi connectivity index (χ1n) is 7.77. The molecule has 1 aromatic rings.